The van der Waals surface area contributed by atoms with Crippen LogP contribution in [0.1, 0.15) is 37.4 Å². The highest BCUT2D eigenvalue weighted by Crippen LogP contribution is 2.37. The number of ether oxygens (including phenoxy) is 1. The Bertz CT molecular complexity index is 1290. The van der Waals surface area contributed by atoms with Crippen LogP contribution in [-0.4, -0.2) is 36.1 Å². The second-order valence-corrected chi connectivity index (χ2v) is 8.45. The van der Waals surface area contributed by atoms with Crippen LogP contribution in [0, 0.1) is 0 Å². The fourth-order valence-electron chi connectivity index (χ4n) is 4.29. The van der Waals surface area contributed by atoms with E-state index < -0.39 is 18.0 Å². The lowest BCUT2D eigenvalue weighted by atomic mass is 9.91. The molecule has 1 heterocycles. The van der Waals surface area contributed by atoms with E-state index >= 15 is 0 Å². The van der Waals surface area contributed by atoms with Crippen LogP contribution in [0.5, 0.6) is 0 Å². The Kier molecular flexibility index (Phi) is 8.20. The molecule has 3 aromatic rings. The first-order valence-corrected chi connectivity index (χ1v) is 12.3. The highest BCUT2D eigenvalue weighted by atomic mass is 16.5. The van der Waals surface area contributed by atoms with Crippen molar-refractivity contribution in [2.24, 2.45) is 0 Å². The molecular weight excluding hydrogens is 468 g/mol. The Balaban J connectivity index is 1.74. The number of para-hydroxylation sites is 1. The number of benzene rings is 3. The Morgan fingerprint density at radius 3 is 2.22 bits per heavy atom. The summed E-state index contributed by atoms with van der Waals surface area (Å²) in [5.41, 5.74) is 3.42. The van der Waals surface area contributed by atoms with Gasteiger partial charge in [-0.3, -0.25) is 4.90 Å². The second-order valence-electron chi connectivity index (χ2n) is 8.45. The van der Waals surface area contributed by atoms with Gasteiger partial charge in [0, 0.05) is 17.9 Å². The first kappa shape index (κ1) is 25.5. The van der Waals surface area contributed by atoms with Crippen LogP contribution in [0.3, 0.4) is 0 Å². The molecule has 37 heavy (non-hydrogen) atoms. The maximum atomic E-state index is 13.4. The summed E-state index contributed by atoms with van der Waals surface area (Å²) in [7, 11) is 0. The minimum Gasteiger partial charge on any atom is -0.463 e. The van der Waals surface area contributed by atoms with Crippen molar-refractivity contribution < 1.29 is 19.1 Å². The molecule has 4 amide bonds. The first-order valence-electron chi connectivity index (χ1n) is 12.3. The van der Waals surface area contributed by atoms with Gasteiger partial charge in [0.2, 0.25) is 0 Å². The van der Waals surface area contributed by atoms with Gasteiger partial charge in [-0.2, -0.15) is 0 Å². The smallest absolute Gasteiger partial charge is 0.338 e. The molecule has 3 N–H and O–H groups in total. The zero-order valence-corrected chi connectivity index (χ0v) is 20.9. The van der Waals surface area contributed by atoms with E-state index in [4.69, 9.17) is 4.74 Å². The van der Waals surface area contributed by atoms with Crippen molar-refractivity contribution in [1.29, 1.82) is 0 Å². The fraction of sp³-hybridized carbons (Fsp3) is 0.207. The number of amides is 4. The normalized spacial score (nSPS) is 15.1. The monoisotopic (exact) mass is 498 g/mol. The summed E-state index contributed by atoms with van der Waals surface area (Å²) in [5, 5.41) is 8.57. The summed E-state index contributed by atoms with van der Waals surface area (Å²) >= 11 is 0. The molecule has 0 spiro atoms. The fourth-order valence-corrected chi connectivity index (χ4v) is 4.29. The quantitative estimate of drug-likeness (QED) is 0.343. The molecule has 1 aliphatic heterocycles. The van der Waals surface area contributed by atoms with Gasteiger partial charge in [-0.05, 0) is 48.7 Å². The van der Waals surface area contributed by atoms with Gasteiger partial charge in [0.15, 0.2) is 0 Å². The largest absolute Gasteiger partial charge is 0.463 e. The SMILES string of the molecule is CCCN1C(=O)NC(c2cccc(NC(=O)Nc3ccccc3)c2)C(C(=O)OCC)=C1c1ccccc1. The van der Waals surface area contributed by atoms with Gasteiger partial charge in [-0.25, -0.2) is 14.4 Å². The molecule has 1 aliphatic rings. The number of nitrogens with one attached hydrogen (secondary N) is 3. The lowest BCUT2D eigenvalue weighted by Crippen LogP contribution is -2.48. The summed E-state index contributed by atoms with van der Waals surface area (Å²) in [5.74, 6) is -0.507. The Hall–Kier alpha value is -4.59. The molecule has 0 aliphatic carbocycles. The Morgan fingerprint density at radius 1 is 0.892 bits per heavy atom. The van der Waals surface area contributed by atoms with E-state index in [2.05, 4.69) is 16.0 Å². The number of hydrogen-bond acceptors (Lipinski definition) is 4. The van der Waals surface area contributed by atoms with Gasteiger partial charge in [0.05, 0.1) is 23.9 Å². The predicted molar refractivity (Wildman–Crippen MR) is 144 cm³/mol. The maximum Gasteiger partial charge on any atom is 0.338 e. The minimum atomic E-state index is -0.770. The molecule has 190 valence electrons. The third-order valence-electron chi connectivity index (χ3n) is 5.83. The van der Waals surface area contributed by atoms with Crippen molar-refractivity contribution in [3.8, 4) is 0 Å². The van der Waals surface area contributed by atoms with E-state index in [0.29, 0.717) is 41.2 Å². The van der Waals surface area contributed by atoms with Crippen LogP contribution in [0.4, 0.5) is 21.0 Å². The summed E-state index contributed by atoms with van der Waals surface area (Å²) in [6.45, 7) is 4.35. The number of carbonyl (C=O) groups is 3. The third kappa shape index (κ3) is 5.98. The summed E-state index contributed by atoms with van der Waals surface area (Å²) in [4.78, 5) is 40.8. The Labute approximate surface area is 216 Å². The molecule has 1 unspecified atom stereocenters. The molecule has 0 radical (unpaired) electrons. The first-order chi connectivity index (χ1) is 18.0. The number of urea groups is 2. The van der Waals surface area contributed by atoms with E-state index in [1.165, 1.54) is 0 Å². The number of anilines is 2. The number of nitrogens with zero attached hydrogens (tertiary/aromatic N) is 1. The third-order valence-corrected chi connectivity index (χ3v) is 5.83. The molecule has 1 atom stereocenters. The van der Waals surface area contributed by atoms with Gasteiger partial charge in [0.1, 0.15) is 0 Å². The molecule has 4 rings (SSSR count). The average Bonchev–Trinajstić information content (AvgIpc) is 2.90. The van der Waals surface area contributed by atoms with Crippen molar-refractivity contribution in [1.82, 2.24) is 10.2 Å². The number of carbonyl (C=O) groups excluding carboxylic acids is 3. The van der Waals surface area contributed by atoms with Gasteiger partial charge >= 0.3 is 18.0 Å². The van der Waals surface area contributed by atoms with Crippen molar-refractivity contribution in [3.05, 3.63) is 102 Å². The van der Waals surface area contributed by atoms with Crippen LogP contribution >= 0.6 is 0 Å². The standard InChI is InChI=1S/C29H30N4O4/c1-3-18-33-26(20-12-7-5-8-13-20)24(27(34)37-4-2)25(32-29(33)36)21-14-11-17-23(19-21)31-28(35)30-22-15-9-6-10-16-22/h5-17,19,25H,3-4,18H2,1-2H3,(H,32,36)(H2,30,31,35). The average molecular weight is 499 g/mol. The summed E-state index contributed by atoms with van der Waals surface area (Å²) in [6, 6.07) is 24.1. The molecule has 0 saturated carbocycles. The minimum absolute atomic E-state index is 0.195. The lowest BCUT2D eigenvalue weighted by molar-refractivity contribution is -0.138. The van der Waals surface area contributed by atoms with Crippen molar-refractivity contribution in [2.75, 3.05) is 23.8 Å². The zero-order valence-electron chi connectivity index (χ0n) is 20.9. The molecular formula is C29H30N4O4. The second kappa shape index (κ2) is 11.9. The number of esters is 1. The zero-order chi connectivity index (χ0) is 26.2. The van der Waals surface area contributed by atoms with E-state index in [0.717, 1.165) is 5.56 Å². The predicted octanol–water partition coefficient (Wildman–Crippen LogP) is 5.78. The van der Waals surface area contributed by atoms with E-state index in [1.54, 1.807) is 42.2 Å². The number of rotatable bonds is 8. The van der Waals surface area contributed by atoms with Crippen molar-refractivity contribution in [2.45, 2.75) is 26.3 Å². The van der Waals surface area contributed by atoms with Gasteiger partial charge in [-0.1, -0.05) is 67.6 Å². The van der Waals surface area contributed by atoms with Crippen LogP contribution in [-0.2, 0) is 9.53 Å². The van der Waals surface area contributed by atoms with Crippen molar-refractivity contribution in [3.63, 3.8) is 0 Å². The topological polar surface area (TPSA) is 99.8 Å². The van der Waals surface area contributed by atoms with E-state index in [9.17, 15) is 14.4 Å². The Morgan fingerprint density at radius 2 is 1.54 bits per heavy atom. The maximum absolute atomic E-state index is 13.4. The molecule has 0 saturated heterocycles. The van der Waals surface area contributed by atoms with Crippen LogP contribution < -0.4 is 16.0 Å². The summed E-state index contributed by atoms with van der Waals surface area (Å²) in [6.07, 6.45) is 0.709. The molecule has 0 bridgehead atoms. The van der Waals surface area contributed by atoms with Crippen molar-refractivity contribution >= 4 is 35.1 Å². The van der Waals surface area contributed by atoms with Crippen LogP contribution in [0.15, 0.2) is 90.5 Å². The lowest BCUT2D eigenvalue weighted by Gasteiger charge is -2.37. The molecule has 0 aromatic heterocycles. The molecule has 3 aromatic carbocycles. The van der Waals surface area contributed by atoms with Crippen LogP contribution in [0.25, 0.3) is 5.70 Å². The molecule has 8 heteroatoms. The van der Waals surface area contributed by atoms with E-state index in [1.807, 2.05) is 61.5 Å². The van der Waals surface area contributed by atoms with Gasteiger partial charge < -0.3 is 20.7 Å². The summed E-state index contributed by atoms with van der Waals surface area (Å²) < 4.78 is 5.45. The van der Waals surface area contributed by atoms with Gasteiger partial charge in [-0.15, -0.1) is 0 Å². The highest BCUT2D eigenvalue weighted by Gasteiger charge is 2.38. The van der Waals surface area contributed by atoms with E-state index in [-0.39, 0.29) is 12.6 Å². The van der Waals surface area contributed by atoms with Crippen LogP contribution in [0.2, 0.25) is 0 Å². The number of hydrogen-bond donors (Lipinski definition) is 3. The highest BCUT2D eigenvalue weighted by molar-refractivity contribution is 6.05. The molecule has 0 fully saturated rings. The molecule has 8 nitrogen and oxygen atoms in total. The van der Waals surface area contributed by atoms with Gasteiger partial charge in [0.25, 0.3) is 0 Å².